The molecule has 1 atom stereocenters. The zero-order valence-corrected chi connectivity index (χ0v) is 19.1. The number of aliphatic hydroxyl groups is 1. The quantitative estimate of drug-likeness (QED) is 0.373. The van der Waals surface area contributed by atoms with Crippen LogP contribution < -0.4 is 19.7 Å². The lowest BCUT2D eigenvalue weighted by molar-refractivity contribution is 0.0962. The van der Waals surface area contributed by atoms with E-state index in [4.69, 9.17) is 14.5 Å². The molecule has 2 aromatic heterocycles. The third-order valence-electron chi connectivity index (χ3n) is 5.70. The summed E-state index contributed by atoms with van der Waals surface area (Å²) in [5, 5.41) is 13.6. The second-order valence-corrected chi connectivity index (χ2v) is 8.07. The molecule has 1 aliphatic heterocycles. The van der Waals surface area contributed by atoms with Crippen LogP contribution in [0.5, 0.6) is 11.5 Å². The Balaban J connectivity index is 1.53. The number of aromatic amines is 1. The van der Waals surface area contributed by atoms with Crippen molar-refractivity contribution in [1.29, 1.82) is 0 Å². The maximum atomic E-state index is 13.6. The lowest BCUT2D eigenvalue weighted by atomic mass is 10.0. The van der Waals surface area contributed by atoms with Gasteiger partial charge in [-0.2, -0.15) is 4.98 Å². The van der Waals surface area contributed by atoms with Gasteiger partial charge in [-0.25, -0.2) is 4.98 Å². The number of aromatic nitrogens is 3. The molecular formula is C26H25N5O4. The smallest absolute Gasteiger partial charge is 0.261 e. The first kappa shape index (κ1) is 22.4. The van der Waals surface area contributed by atoms with Crippen LogP contribution in [0.25, 0.3) is 0 Å². The Morgan fingerprint density at radius 1 is 1.14 bits per heavy atom. The third kappa shape index (κ3) is 4.67. The molecule has 0 saturated carbocycles. The molecule has 3 heterocycles. The van der Waals surface area contributed by atoms with E-state index in [2.05, 4.69) is 15.3 Å². The Hall–Kier alpha value is -4.37. The highest BCUT2D eigenvalue weighted by Crippen LogP contribution is 2.34. The summed E-state index contributed by atoms with van der Waals surface area (Å²) in [7, 11) is 0. The van der Waals surface area contributed by atoms with E-state index in [1.807, 2.05) is 55.5 Å². The number of aryl methyl sites for hydroxylation is 1. The second-order valence-electron chi connectivity index (χ2n) is 8.07. The Kier molecular flexibility index (Phi) is 6.32. The van der Waals surface area contributed by atoms with Crippen LogP contribution in [0.3, 0.4) is 0 Å². The summed E-state index contributed by atoms with van der Waals surface area (Å²) in [6.07, 6.45) is 4.96. The number of hydrogen-bond donors (Lipinski definition) is 3. The molecule has 0 fully saturated rings. The van der Waals surface area contributed by atoms with Crippen LogP contribution >= 0.6 is 0 Å². The summed E-state index contributed by atoms with van der Waals surface area (Å²) in [5.74, 6) is 1.74. The first-order valence-corrected chi connectivity index (χ1v) is 11.3. The van der Waals surface area contributed by atoms with E-state index in [1.54, 1.807) is 24.7 Å². The number of carbonyl (C=O) groups excluding carboxylic acids is 1. The third-order valence-corrected chi connectivity index (χ3v) is 5.70. The van der Waals surface area contributed by atoms with E-state index in [0.717, 1.165) is 5.56 Å². The van der Waals surface area contributed by atoms with Gasteiger partial charge in [-0.15, -0.1) is 0 Å². The van der Waals surface area contributed by atoms with Gasteiger partial charge < -0.3 is 24.9 Å². The van der Waals surface area contributed by atoms with Crippen LogP contribution in [0.15, 0.2) is 73.2 Å². The predicted octanol–water partition coefficient (Wildman–Crippen LogP) is 4.01. The van der Waals surface area contributed by atoms with Crippen molar-refractivity contribution < 1.29 is 19.4 Å². The fourth-order valence-electron chi connectivity index (χ4n) is 3.98. The zero-order chi connectivity index (χ0) is 24.2. The number of aliphatic hydroxyl groups excluding tert-OH is 1. The van der Waals surface area contributed by atoms with Gasteiger partial charge in [-0.05, 0) is 30.7 Å². The number of rotatable bonds is 7. The Labute approximate surface area is 202 Å². The maximum Gasteiger partial charge on any atom is 0.261 e. The van der Waals surface area contributed by atoms with Crippen LogP contribution in [0.1, 0.15) is 27.5 Å². The number of nitrogens with one attached hydrogen (secondary N) is 2. The second kappa shape index (κ2) is 9.86. The first-order chi connectivity index (χ1) is 17.1. The van der Waals surface area contributed by atoms with Gasteiger partial charge in [-0.3, -0.25) is 9.69 Å². The van der Waals surface area contributed by atoms with E-state index < -0.39 is 6.04 Å². The standard InChI is InChI=1S/C26H25N5O4/c1-17-14-28-26(29-20-7-8-22-23(13-20)35-12-11-34-22)30-24(17)31(25(33)19-9-10-27-15-19)21(16-32)18-5-3-2-4-6-18/h2-10,13-15,21,27,32H,11-12,16H2,1H3,(H,28,29,30). The largest absolute Gasteiger partial charge is 0.486 e. The lowest BCUT2D eigenvalue weighted by Crippen LogP contribution is -2.38. The molecule has 0 bridgehead atoms. The number of carbonyl (C=O) groups is 1. The van der Waals surface area contributed by atoms with Crippen LogP contribution in [-0.2, 0) is 0 Å². The van der Waals surface area contributed by atoms with Crippen molar-refractivity contribution in [2.24, 2.45) is 0 Å². The fourth-order valence-corrected chi connectivity index (χ4v) is 3.98. The number of fused-ring (bicyclic) bond motifs is 1. The molecule has 1 aliphatic rings. The van der Waals surface area contributed by atoms with Gasteiger partial charge in [0.1, 0.15) is 19.0 Å². The van der Waals surface area contributed by atoms with E-state index in [0.29, 0.717) is 53.3 Å². The molecule has 3 N–H and O–H groups in total. The van der Waals surface area contributed by atoms with Crippen molar-refractivity contribution in [2.45, 2.75) is 13.0 Å². The zero-order valence-electron chi connectivity index (χ0n) is 19.1. The minimum absolute atomic E-state index is 0.283. The Morgan fingerprint density at radius 2 is 1.94 bits per heavy atom. The van der Waals surface area contributed by atoms with Gasteiger partial charge in [0.05, 0.1) is 18.2 Å². The minimum atomic E-state index is -0.644. The number of amides is 1. The van der Waals surface area contributed by atoms with E-state index in [9.17, 15) is 9.90 Å². The maximum absolute atomic E-state index is 13.6. The first-order valence-electron chi connectivity index (χ1n) is 11.3. The van der Waals surface area contributed by atoms with E-state index in [1.165, 1.54) is 4.90 Å². The molecule has 35 heavy (non-hydrogen) atoms. The van der Waals surface area contributed by atoms with Crippen LogP contribution in [-0.4, -0.2) is 45.8 Å². The normalized spacial score (nSPS) is 13.2. The summed E-state index contributed by atoms with van der Waals surface area (Å²) < 4.78 is 11.2. The van der Waals surface area contributed by atoms with Gasteiger partial charge in [0.25, 0.3) is 5.91 Å². The molecule has 0 spiro atoms. The van der Waals surface area contributed by atoms with E-state index in [-0.39, 0.29) is 12.5 Å². The predicted molar refractivity (Wildman–Crippen MR) is 131 cm³/mol. The fraction of sp³-hybridized carbons (Fsp3) is 0.192. The molecule has 1 unspecified atom stereocenters. The molecular weight excluding hydrogens is 446 g/mol. The average molecular weight is 472 g/mol. The van der Waals surface area contributed by atoms with Crippen LogP contribution in [0.2, 0.25) is 0 Å². The molecule has 5 rings (SSSR count). The molecule has 1 amide bonds. The minimum Gasteiger partial charge on any atom is -0.486 e. The molecule has 4 aromatic rings. The molecule has 0 aliphatic carbocycles. The van der Waals surface area contributed by atoms with Gasteiger partial charge in [0, 0.05) is 35.9 Å². The van der Waals surface area contributed by atoms with Crippen molar-refractivity contribution >= 4 is 23.4 Å². The van der Waals surface area contributed by atoms with Crippen molar-refractivity contribution in [3.05, 3.63) is 89.9 Å². The van der Waals surface area contributed by atoms with Crippen molar-refractivity contribution in [2.75, 3.05) is 30.0 Å². The van der Waals surface area contributed by atoms with Gasteiger partial charge in [0.15, 0.2) is 11.5 Å². The van der Waals surface area contributed by atoms with Crippen LogP contribution in [0, 0.1) is 6.92 Å². The monoisotopic (exact) mass is 471 g/mol. The number of hydrogen-bond acceptors (Lipinski definition) is 7. The highest BCUT2D eigenvalue weighted by atomic mass is 16.6. The average Bonchev–Trinajstić information content (AvgIpc) is 3.44. The highest BCUT2D eigenvalue weighted by Gasteiger charge is 2.30. The van der Waals surface area contributed by atoms with Gasteiger partial charge in [0.2, 0.25) is 5.95 Å². The molecule has 9 nitrogen and oxygen atoms in total. The number of anilines is 3. The summed E-state index contributed by atoms with van der Waals surface area (Å²) in [4.78, 5) is 27.2. The summed E-state index contributed by atoms with van der Waals surface area (Å²) in [6.45, 7) is 2.55. The Bertz CT molecular complexity index is 1310. The van der Waals surface area contributed by atoms with Crippen molar-refractivity contribution in [1.82, 2.24) is 15.0 Å². The molecule has 0 saturated heterocycles. The Morgan fingerprint density at radius 3 is 2.69 bits per heavy atom. The number of benzene rings is 2. The molecule has 178 valence electrons. The lowest BCUT2D eigenvalue weighted by Gasteiger charge is -2.31. The van der Waals surface area contributed by atoms with Crippen molar-refractivity contribution in [3.8, 4) is 11.5 Å². The van der Waals surface area contributed by atoms with E-state index >= 15 is 0 Å². The summed E-state index contributed by atoms with van der Waals surface area (Å²) in [6, 6.07) is 15.9. The SMILES string of the molecule is Cc1cnc(Nc2ccc3c(c2)OCCO3)nc1N(C(=O)c1cc[nH]c1)C(CO)c1ccccc1. The molecule has 2 aromatic carbocycles. The summed E-state index contributed by atoms with van der Waals surface area (Å²) in [5.41, 5.74) is 2.65. The molecule has 9 heteroatoms. The summed E-state index contributed by atoms with van der Waals surface area (Å²) >= 11 is 0. The topological polar surface area (TPSA) is 113 Å². The van der Waals surface area contributed by atoms with Crippen molar-refractivity contribution in [3.63, 3.8) is 0 Å². The number of nitrogens with zero attached hydrogens (tertiary/aromatic N) is 3. The highest BCUT2D eigenvalue weighted by molar-refractivity contribution is 6.06. The van der Waals surface area contributed by atoms with Crippen LogP contribution in [0.4, 0.5) is 17.5 Å². The van der Waals surface area contributed by atoms with Gasteiger partial charge in [-0.1, -0.05) is 30.3 Å². The number of H-pyrrole nitrogens is 1. The van der Waals surface area contributed by atoms with Gasteiger partial charge >= 0.3 is 0 Å². The number of ether oxygens (including phenoxy) is 2. The molecule has 0 radical (unpaired) electrons.